The fourth-order valence-corrected chi connectivity index (χ4v) is 2.74. The first-order valence-corrected chi connectivity index (χ1v) is 9.13. The van der Waals surface area contributed by atoms with Crippen molar-refractivity contribution in [2.45, 2.75) is 26.8 Å². The van der Waals surface area contributed by atoms with Gasteiger partial charge in [0.15, 0.2) is 0 Å². The number of rotatable bonds is 7. The number of anilines is 1. The van der Waals surface area contributed by atoms with Crippen molar-refractivity contribution in [2.24, 2.45) is 5.92 Å². The summed E-state index contributed by atoms with van der Waals surface area (Å²) in [5.74, 6) is -0.0788. The van der Waals surface area contributed by atoms with Crippen molar-refractivity contribution >= 4 is 17.5 Å². The Morgan fingerprint density at radius 1 is 1.04 bits per heavy atom. The molecule has 0 aliphatic carbocycles. The quantitative estimate of drug-likeness (QED) is 0.770. The molecule has 0 aromatic heterocycles. The van der Waals surface area contributed by atoms with E-state index in [1.165, 1.54) is 12.1 Å². The zero-order valence-corrected chi connectivity index (χ0v) is 15.8. The Bertz CT molecular complexity index is 615. The summed E-state index contributed by atoms with van der Waals surface area (Å²) in [6, 6.07) is 6.03. The largest absolute Gasteiger partial charge is 0.352 e. The molecular formula is C19H29FN4O2. The highest BCUT2D eigenvalue weighted by molar-refractivity contribution is 5.92. The lowest BCUT2D eigenvalue weighted by Gasteiger charge is -2.34. The third kappa shape index (κ3) is 6.72. The van der Waals surface area contributed by atoms with Gasteiger partial charge in [-0.25, -0.2) is 4.39 Å². The van der Waals surface area contributed by atoms with Gasteiger partial charge in [0.25, 0.3) is 0 Å². The second-order valence-electron chi connectivity index (χ2n) is 7.21. The van der Waals surface area contributed by atoms with Gasteiger partial charge in [-0.05, 0) is 31.0 Å². The van der Waals surface area contributed by atoms with Gasteiger partial charge in [0.05, 0.1) is 13.1 Å². The normalized spacial score (nSPS) is 17.1. The van der Waals surface area contributed by atoms with Crippen molar-refractivity contribution in [3.8, 4) is 0 Å². The first-order valence-electron chi connectivity index (χ1n) is 9.13. The number of hydrogen-bond donors (Lipinski definition) is 2. The molecule has 1 heterocycles. The SMILES string of the molecule is CC(C)[C@H](C)NC(=O)CN1CCN(CC(=O)Nc2cccc(F)c2)CC1. The van der Waals surface area contributed by atoms with Crippen molar-refractivity contribution in [1.29, 1.82) is 0 Å². The number of benzene rings is 1. The summed E-state index contributed by atoms with van der Waals surface area (Å²) in [6.45, 7) is 9.77. The van der Waals surface area contributed by atoms with Crippen molar-refractivity contribution < 1.29 is 14.0 Å². The molecule has 144 valence electrons. The number of piperazine rings is 1. The molecule has 1 saturated heterocycles. The lowest BCUT2D eigenvalue weighted by atomic mass is 10.1. The van der Waals surface area contributed by atoms with Gasteiger partial charge in [-0.3, -0.25) is 19.4 Å². The maximum Gasteiger partial charge on any atom is 0.238 e. The van der Waals surface area contributed by atoms with Gasteiger partial charge in [0.1, 0.15) is 5.82 Å². The van der Waals surface area contributed by atoms with Crippen LogP contribution >= 0.6 is 0 Å². The highest BCUT2D eigenvalue weighted by atomic mass is 19.1. The van der Waals surface area contributed by atoms with E-state index in [0.29, 0.717) is 18.2 Å². The molecule has 7 heteroatoms. The molecule has 2 rings (SSSR count). The molecule has 1 aliphatic heterocycles. The molecule has 0 bridgehead atoms. The molecule has 1 fully saturated rings. The first kappa shape index (κ1) is 20.3. The molecule has 1 aliphatic rings. The topological polar surface area (TPSA) is 64.7 Å². The Kier molecular flexibility index (Phi) is 7.53. The van der Waals surface area contributed by atoms with Crippen LogP contribution in [0.5, 0.6) is 0 Å². The molecule has 6 nitrogen and oxygen atoms in total. The van der Waals surface area contributed by atoms with Crippen LogP contribution in [0.15, 0.2) is 24.3 Å². The van der Waals surface area contributed by atoms with Crippen LogP contribution in [0.1, 0.15) is 20.8 Å². The minimum Gasteiger partial charge on any atom is -0.352 e. The molecule has 0 radical (unpaired) electrons. The van der Waals surface area contributed by atoms with E-state index in [4.69, 9.17) is 0 Å². The molecule has 0 spiro atoms. The molecule has 2 N–H and O–H groups in total. The summed E-state index contributed by atoms with van der Waals surface area (Å²) in [6.07, 6.45) is 0. The average Bonchev–Trinajstić information content (AvgIpc) is 2.56. The Hall–Kier alpha value is -1.99. The summed E-state index contributed by atoms with van der Waals surface area (Å²) in [4.78, 5) is 28.3. The van der Waals surface area contributed by atoms with E-state index < -0.39 is 0 Å². The van der Waals surface area contributed by atoms with Crippen LogP contribution < -0.4 is 10.6 Å². The zero-order chi connectivity index (χ0) is 19.1. The minimum absolute atomic E-state index is 0.0449. The van der Waals surface area contributed by atoms with Gasteiger partial charge in [0, 0.05) is 37.9 Å². The van der Waals surface area contributed by atoms with E-state index in [1.807, 2.05) is 11.8 Å². The van der Waals surface area contributed by atoms with Crippen molar-refractivity contribution in [3.05, 3.63) is 30.1 Å². The second kappa shape index (κ2) is 9.64. The molecule has 0 saturated carbocycles. The number of carbonyl (C=O) groups is 2. The van der Waals surface area contributed by atoms with Crippen molar-refractivity contribution in [3.63, 3.8) is 0 Å². The predicted octanol–water partition coefficient (Wildman–Crippen LogP) is 1.54. The number of hydrogen-bond acceptors (Lipinski definition) is 4. The molecule has 26 heavy (non-hydrogen) atoms. The highest BCUT2D eigenvalue weighted by Gasteiger charge is 2.21. The fraction of sp³-hybridized carbons (Fsp3) is 0.579. The summed E-state index contributed by atoms with van der Waals surface area (Å²) >= 11 is 0. The number of halogens is 1. The number of carbonyl (C=O) groups excluding carboxylic acids is 2. The van der Waals surface area contributed by atoms with Gasteiger partial charge < -0.3 is 10.6 Å². The number of nitrogens with one attached hydrogen (secondary N) is 2. The van der Waals surface area contributed by atoms with E-state index in [0.717, 1.165) is 26.2 Å². The molecule has 0 unspecified atom stereocenters. The Morgan fingerprint density at radius 3 is 2.15 bits per heavy atom. The van der Waals surface area contributed by atoms with Crippen LogP contribution in [-0.4, -0.2) is 66.9 Å². The number of amides is 2. The van der Waals surface area contributed by atoms with Gasteiger partial charge in [-0.15, -0.1) is 0 Å². The minimum atomic E-state index is -0.374. The fourth-order valence-electron chi connectivity index (χ4n) is 2.74. The third-order valence-electron chi connectivity index (χ3n) is 4.70. The van der Waals surface area contributed by atoms with Crippen molar-refractivity contribution in [2.75, 3.05) is 44.6 Å². The van der Waals surface area contributed by atoms with E-state index in [2.05, 4.69) is 29.4 Å². The van der Waals surface area contributed by atoms with Crippen LogP contribution in [0.3, 0.4) is 0 Å². The van der Waals surface area contributed by atoms with Crippen LogP contribution in [0.25, 0.3) is 0 Å². The Labute approximate surface area is 154 Å². The van der Waals surface area contributed by atoms with E-state index in [9.17, 15) is 14.0 Å². The maximum absolute atomic E-state index is 13.1. The van der Waals surface area contributed by atoms with Crippen LogP contribution in [0.2, 0.25) is 0 Å². The summed E-state index contributed by atoms with van der Waals surface area (Å²) < 4.78 is 13.1. The molecule has 1 aromatic carbocycles. The molecule has 1 aromatic rings. The van der Waals surface area contributed by atoms with Gasteiger partial charge >= 0.3 is 0 Å². The summed E-state index contributed by atoms with van der Waals surface area (Å²) in [7, 11) is 0. The monoisotopic (exact) mass is 364 g/mol. The van der Waals surface area contributed by atoms with Crippen LogP contribution in [0, 0.1) is 11.7 Å². The summed E-state index contributed by atoms with van der Waals surface area (Å²) in [5, 5.41) is 5.72. The van der Waals surface area contributed by atoms with E-state index in [1.54, 1.807) is 12.1 Å². The molecular weight excluding hydrogens is 335 g/mol. The lowest BCUT2D eigenvalue weighted by molar-refractivity contribution is -0.124. The first-order chi connectivity index (χ1) is 12.3. The third-order valence-corrected chi connectivity index (χ3v) is 4.70. The maximum atomic E-state index is 13.1. The highest BCUT2D eigenvalue weighted by Crippen LogP contribution is 2.09. The Balaban J connectivity index is 1.69. The van der Waals surface area contributed by atoms with Gasteiger partial charge in [0.2, 0.25) is 11.8 Å². The van der Waals surface area contributed by atoms with E-state index >= 15 is 0 Å². The smallest absolute Gasteiger partial charge is 0.238 e. The van der Waals surface area contributed by atoms with E-state index in [-0.39, 0.29) is 30.2 Å². The second-order valence-corrected chi connectivity index (χ2v) is 7.21. The average molecular weight is 364 g/mol. The molecule has 2 amide bonds. The van der Waals surface area contributed by atoms with Gasteiger partial charge in [-0.1, -0.05) is 19.9 Å². The number of nitrogens with zero attached hydrogens (tertiary/aromatic N) is 2. The van der Waals surface area contributed by atoms with Crippen LogP contribution in [-0.2, 0) is 9.59 Å². The lowest BCUT2D eigenvalue weighted by Crippen LogP contribution is -2.51. The Morgan fingerprint density at radius 2 is 1.62 bits per heavy atom. The van der Waals surface area contributed by atoms with Crippen LogP contribution in [0.4, 0.5) is 10.1 Å². The van der Waals surface area contributed by atoms with Crippen molar-refractivity contribution in [1.82, 2.24) is 15.1 Å². The zero-order valence-electron chi connectivity index (χ0n) is 15.8. The standard InChI is InChI=1S/C19H29FN4O2/c1-14(2)15(3)21-18(25)12-23-7-9-24(10-8-23)13-19(26)22-17-6-4-5-16(20)11-17/h4-6,11,14-15H,7-10,12-13H2,1-3H3,(H,21,25)(H,22,26)/t15-/m0/s1. The predicted molar refractivity (Wildman–Crippen MR) is 100 cm³/mol. The molecule has 1 atom stereocenters. The summed E-state index contributed by atoms with van der Waals surface area (Å²) in [5.41, 5.74) is 0.463. The van der Waals surface area contributed by atoms with Gasteiger partial charge in [-0.2, -0.15) is 0 Å².